The first-order chi connectivity index (χ1) is 14.7. The second-order valence-electron chi connectivity index (χ2n) is 7.90. The number of piperazine rings is 1. The number of nitrogens with zero attached hydrogens (tertiary/aromatic N) is 3. The van der Waals surface area contributed by atoms with Crippen LogP contribution >= 0.6 is 0 Å². The molecule has 30 heavy (non-hydrogen) atoms. The van der Waals surface area contributed by atoms with Crippen molar-refractivity contribution >= 4 is 11.8 Å². The fourth-order valence-corrected chi connectivity index (χ4v) is 4.01. The van der Waals surface area contributed by atoms with Gasteiger partial charge in [-0.15, -0.1) is 0 Å². The van der Waals surface area contributed by atoms with Crippen LogP contribution in [0.5, 0.6) is 5.75 Å². The summed E-state index contributed by atoms with van der Waals surface area (Å²) in [6.45, 7) is 8.43. The molecule has 2 amide bonds. The van der Waals surface area contributed by atoms with E-state index in [1.54, 1.807) is 0 Å². The first-order valence-corrected chi connectivity index (χ1v) is 11.3. The van der Waals surface area contributed by atoms with Gasteiger partial charge in [0.05, 0.1) is 18.7 Å². The van der Waals surface area contributed by atoms with Crippen LogP contribution in [0.25, 0.3) is 0 Å². The number of benzene rings is 1. The zero-order valence-electron chi connectivity index (χ0n) is 18.2. The van der Waals surface area contributed by atoms with Crippen molar-refractivity contribution < 1.29 is 19.1 Å². The predicted molar refractivity (Wildman–Crippen MR) is 116 cm³/mol. The van der Waals surface area contributed by atoms with Crippen molar-refractivity contribution in [1.82, 2.24) is 14.7 Å². The Morgan fingerprint density at radius 2 is 1.57 bits per heavy atom. The molecule has 0 bridgehead atoms. The minimum Gasteiger partial charge on any atom is -0.490 e. The fraction of sp³-hybridized carbons (Fsp3) is 0.652. The highest BCUT2D eigenvalue weighted by molar-refractivity contribution is 5.97. The van der Waals surface area contributed by atoms with Crippen molar-refractivity contribution in [3.05, 3.63) is 29.8 Å². The average molecular weight is 418 g/mol. The quantitative estimate of drug-likeness (QED) is 0.607. The van der Waals surface area contributed by atoms with E-state index >= 15 is 0 Å². The molecule has 0 aromatic heterocycles. The van der Waals surface area contributed by atoms with E-state index < -0.39 is 0 Å². The molecule has 1 aromatic carbocycles. The van der Waals surface area contributed by atoms with Gasteiger partial charge < -0.3 is 19.3 Å². The molecular formula is C23H35N3O4. The van der Waals surface area contributed by atoms with Crippen LogP contribution in [-0.2, 0) is 9.53 Å². The van der Waals surface area contributed by atoms with Crippen LogP contribution in [0.4, 0.5) is 0 Å². The van der Waals surface area contributed by atoms with Crippen LogP contribution < -0.4 is 4.74 Å². The van der Waals surface area contributed by atoms with E-state index in [1.165, 1.54) is 12.8 Å². The maximum absolute atomic E-state index is 13.0. The first kappa shape index (κ1) is 22.6. The Balaban J connectivity index is 1.49. The highest BCUT2D eigenvalue weighted by Crippen LogP contribution is 2.21. The van der Waals surface area contributed by atoms with Gasteiger partial charge in [0.15, 0.2) is 0 Å². The van der Waals surface area contributed by atoms with Gasteiger partial charge in [0.2, 0.25) is 5.91 Å². The van der Waals surface area contributed by atoms with E-state index in [0.717, 1.165) is 39.0 Å². The molecule has 0 aliphatic carbocycles. The van der Waals surface area contributed by atoms with Gasteiger partial charge in [0.1, 0.15) is 12.4 Å². The summed E-state index contributed by atoms with van der Waals surface area (Å²) in [5, 5.41) is 0. The average Bonchev–Trinajstić information content (AvgIpc) is 3.07. The normalized spacial score (nSPS) is 18.2. The summed E-state index contributed by atoms with van der Waals surface area (Å²) < 4.78 is 11.1. The van der Waals surface area contributed by atoms with Crippen LogP contribution in [0.3, 0.4) is 0 Å². The van der Waals surface area contributed by atoms with Crippen molar-refractivity contribution in [3.8, 4) is 5.75 Å². The lowest BCUT2D eigenvalue weighted by Gasteiger charge is -2.35. The molecule has 0 saturated carbocycles. The third-order valence-corrected chi connectivity index (χ3v) is 5.78. The van der Waals surface area contributed by atoms with Crippen LogP contribution in [0, 0.1) is 0 Å². The molecular weight excluding hydrogens is 382 g/mol. The zero-order chi connectivity index (χ0) is 21.2. The highest BCUT2D eigenvalue weighted by atomic mass is 16.5. The summed E-state index contributed by atoms with van der Waals surface area (Å²) in [7, 11) is 0. The first-order valence-electron chi connectivity index (χ1n) is 11.3. The molecule has 0 spiro atoms. The summed E-state index contributed by atoms with van der Waals surface area (Å²) in [4.78, 5) is 31.7. The Kier molecular flexibility index (Phi) is 8.96. The number of carbonyl (C=O) groups excluding carboxylic acids is 2. The van der Waals surface area contributed by atoms with E-state index in [1.807, 2.05) is 41.0 Å². The minimum absolute atomic E-state index is 0.0134. The van der Waals surface area contributed by atoms with Gasteiger partial charge in [-0.2, -0.15) is 0 Å². The topological polar surface area (TPSA) is 62.3 Å². The smallest absolute Gasteiger partial charge is 0.257 e. The van der Waals surface area contributed by atoms with Crippen LogP contribution in [-0.4, -0.2) is 92.1 Å². The zero-order valence-corrected chi connectivity index (χ0v) is 18.2. The Morgan fingerprint density at radius 3 is 2.27 bits per heavy atom. The number of hydrogen-bond donors (Lipinski definition) is 0. The molecule has 0 unspecified atom stereocenters. The number of hydrogen-bond acceptors (Lipinski definition) is 5. The maximum atomic E-state index is 13.0. The summed E-state index contributed by atoms with van der Waals surface area (Å²) in [6.07, 6.45) is 4.67. The molecule has 7 nitrogen and oxygen atoms in total. The lowest BCUT2D eigenvalue weighted by molar-refractivity contribution is -0.132. The third-order valence-electron chi connectivity index (χ3n) is 5.78. The summed E-state index contributed by atoms with van der Waals surface area (Å²) in [6, 6.07) is 7.38. The van der Waals surface area contributed by atoms with E-state index in [-0.39, 0.29) is 11.8 Å². The van der Waals surface area contributed by atoms with E-state index in [9.17, 15) is 9.59 Å². The molecule has 0 radical (unpaired) electrons. The maximum Gasteiger partial charge on any atom is 0.257 e. The van der Waals surface area contributed by atoms with E-state index in [2.05, 4.69) is 4.90 Å². The Labute approximate surface area is 179 Å². The van der Waals surface area contributed by atoms with Crippen molar-refractivity contribution in [2.75, 3.05) is 65.6 Å². The van der Waals surface area contributed by atoms with Gasteiger partial charge in [-0.05, 0) is 31.9 Å². The molecule has 1 aromatic rings. The SMILES string of the molecule is CCOCCOc1ccccc1C(=O)N1CCN(CC(=O)N2CCCCCC2)CC1. The molecule has 3 rings (SSSR count). The highest BCUT2D eigenvalue weighted by Gasteiger charge is 2.26. The molecule has 166 valence electrons. The second kappa shape index (κ2) is 11.9. The third kappa shape index (κ3) is 6.44. The van der Waals surface area contributed by atoms with Gasteiger partial charge >= 0.3 is 0 Å². The number of para-hydroxylation sites is 1. The monoisotopic (exact) mass is 417 g/mol. The number of ether oxygens (including phenoxy) is 2. The lowest BCUT2D eigenvalue weighted by atomic mass is 10.1. The van der Waals surface area contributed by atoms with E-state index in [4.69, 9.17) is 9.47 Å². The second-order valence-corrected chi connectivity index (χ2v) is 7.90. The summed E-state index contributed by atoms with van der Waals surface area (Å²) in [5.41, 5.74) is 0.586. The van der Waals surface area contributed by atoms with Gasteiger partial charge in [-0.3, -0.25) is 14.5 Å². The van der Waals surface area contributed by atoms with Crippen LogP contribution in [0.15, 0.2) is 24.3 Å². The Morgan fingerprint density at radius 1 is 0.867 bits per heavy atom. The lowest BCUT2D eigenvalue weighted by Crippen LogP contribution is -2.51. The number of rotatable bonds is 8. The molecule has 0 N–H and O–H groups in total. The van der Waals surface area contributed by atoms with Crippen molar-refractivity contribution in [3.63, 3.8) is 0 Å². The van der Waals surface area contributed by atoms with Gasteiger partial charge in [0.25, 0.3) is 5.91 Å². The largest absolute Gasteiger partial charge is 0.490 e. The standard InChI is InChI=1S/C23H35N3O4/c1-2-29-17-18-30-21-10-6-5-9-20(21)23(28)26-15-13-24(14-16-26)19-22(27)25-11-7-3-4-8-12-25/h5-6,9-10H,2-4,7-8,11-19H2,1H3. The Bertz CT molecular complexity index is 681. The summed E-state index contributed by atoms with van der Waals surface area (Å²) >= 11 is 0. The molecule has 0 atom stereocenters. The Hall–Kier alpha value is -2.12. The molecule has 2 aliphatic heterocycles. The van der Waals surface area contributed by atoms with Crippen molar-refractivity contribution in [2.24, 2.45) is 0 Å². The number of amides is 2. The number of likely N-dealkylation sites (tertiary alicyclic amines) is 1. The van der Waals surface area contributed by atoms with Crippen LogP contribution in [0.1, 0.15) is 43.0 Å². The fourth-order valence-electron chi connectivity index (χ4n) is 4.01. The minimum atomic E-state index is -0.0134. The van der Waals surface area contributed by atoms with Gasteiger partial charge in [-0.1, -0.05) is 25.0 Å². The van der Waals surface area contributed by atoms with Crippen molar-refractivity contribution in [2.45, 2.75) is 32.6 Å². The molecule has 2 saturated heterocycles. The predicted octanol–water partition coefficient (Wildman–Crippen LogP) is 2.26. The molecule has 2 fully saturated rings. The van der Waals surface area contributed by atoms with E-state index in [0.29, 0.717) is 50.8 Å². The summed E-state index contributed by atoms with van der Waals surface area (Å²) in [5.74, 6) is 0.811. The van der Waals surface area contributed by atoms with Crippen LogP contribution in [0.2, 0.25) is 0 Å². The van der Waals surface area contributed by atoms with Crippen molar-refractivity contribution in [1.29, 1.82) is 0 Å². The van der Waals surface area contributed by atoms with Gasteiger partial charge in [0, 0.05) is 45.9 Å². The van der Waals surface area contributed by atoms with Gasteiger partial charge in [-0.25, -0.2) is 0 Å². The molecule has 7 heteroatoms. The number of carbonyl (C=O) groups is 2. The molecule has 2 aliphatic rings. The molecule has 2 heterocycles.